The van der Waals surface area contributed by atoms with Gasteiger partial charge >= 0.3 is 7.82 Å². The van der Waals surface area contributed by atoms with Gasteiger partial charge in [-0.2, -0.15) is 0 Å². The molecule has 1 rings (SSSR count). The van der Waals surface area contributed by atoms with E-state index in [0.717, 1.165) is 12.8 Å². The quantitative estimate of drug-likeness (QED) is 0.581. The van der Waals surface area contributed by atoms with Crippen LogP contribution in [0, 0.1) is 23.7 Å². The van der Waals surface area contributed by atoms with Gasteiger partial charge in [0.05, 0.1) is 6.10 Å². The van der Waals surface area contributed by atoms with Crippen LogP contribution in [0.1, 0.15) is 47.0 Å². The van der Waals surface area contributed by atoms with Crippen molar-refractivity contribution in [1.29, 1.82) is 0 Å². The van der Waals surface area contributed by atoms with Crippen molar-refractivity contribution >= 4 is 7.82 Å². The first-order valence-corrected chi connectivity index (χ1v) is 8.57. The topological polar surface area (TPSA) is 76.0 Å². The van der Waals surface area contributed by atoms with Crippen molar-refractivity contribution in [2.45, 2.75) is 53.1 Å². The molecule has 2 N–H and O–H groups in total. The molecule has 0 radical (unpaired) electrons. The molecule has 0 aromatic rings. The van der Waals surface area contributed by atoms with E-state index in [1.54, 1.807) is 0 Å². The number of ether oxygens (including phenoxy) is 1. The van der Waals surface area contributed by atoms with Crippen molar-refractivity contribution in [3.05, 3.63) is 0 Å². The zero-order valence-electron chi connectivity index (χ0n) is 12.3. The van der Waals surface area contributed by atoms with Crippen LogP contribution < -0.4 is 0 Å². The highest BCUT2D eigenvalue weighted by Gasteiger charge is 2.37. The van der Waals surface area contributed by atoms with Crippen LogP contribution in [0.15, 0.2) is 0 Å². The fourth-order valence-electron chi connectivity index (χ4n) is 3.09. The van der Waals surface area contributed by atoms with Crippen molar-refractivity contribution < 1.29 is 23.6 Å². The van der Waals surface area contributed by atoms with Gasteiger partial charge in [0.1, 0.15) is 0 Å². The molecular formula is C13H27O5P. The fraction of sp³-hybridized carbons (Fsp3) is 1.00. The minimum Gasteiger partial charge on any atom is -0.351 e. The van der Waals surface area contributed by atoms with Crippen LogP contribution in [0.4, 0.5) is 0 Å². The van der Waals surface area contributed by atoms with Gasteiger partial charge in [0.2, 0.25) is 0 Å². The molecule has 2 unspecified atom stereocenters. The minimum atomic E-state index is -4.45. The highest BCUT2D eigenvalue weighted by atomic mass is 31.2. The van der Waals surface area contributed by atoms with Crippen molar-refractivity contribution in [3.8, 4) is 0 Å². The molecule has 114 valence electrons. The van der Waals surface area contributed by atoms with Gasteiger partial charge in [0.25, 0.3) is 0 Å². The number of rotatable bonds is 6. The minimum absolute atomic E-state index is 0.0281. The molecule has 0 amide bonds. The normalized spacial score (nSPS) is 29.2. The van der Waals surface area contributed by atoms with E-state index >= 15 is 0 Å². The van der Waals surface area contributed by atoms with Crippen LogP contribution in [-0.4, -0.2) is 22.7 Å². The lowest BCUT2D eigenvalue weighted by Gasteiger charge is -2.41. The standard InChI is InChI=1S/C13H27O5P/c1-9(2)11-6-5-7-12(10(3)4)13(11)17-8-18-19(14,15)16/h9-13H,5-8H2,1-4H3,(H2,14,15,16). The maximum atomic E-state index is 10.7. The lowest BCUT2D eigenvalue weighted by Crippen LogP contribution is -2.41. The maximum Gasteiger partial charge on any atom is 0.471 e. The highest BCUT2D eigenvalue weighted by Crippen LogP contribution is 2.41. The van der Waals surface area contributed by atoms with Gasteiger partial charge in [-0.3, -0.25) is 4.52 Å². The first-order chi connectivity index (χ1) is 8.72. The number of hydrogen-bond donors (Lipinski definition) is 2. The number of phosphoric ester groups is 1. The van der Waals surface area contributed by atoms with E-state index in [-0.39, 0.29) is 12.9 Å². The Morgan fingerprint density at radius 2 is 1.58 bits per heavy atom. The summed E-state index contributed by atoms with van der Waals surface area (Å²) in [6.45, 7) is 8.36. The monoisotopic (exact) mass is 294 g/mol. The summed E-state index contributed by atoms with van der Waals surface area (Å²) < 4.78 is 20.8. The average molecular weight is 294 g/mol. The lowest BCUT2D eigenvalue weighted by molar-refractivity contribution is -0.123. The second-order valence-electron chi connectivity index (χ2n) is 6.12. The molecular weight excluding hydrogens is 267 g/mol. The molecule has 2 atom stereocenters. The summed E-state index contributed by atoms with van der Waals surface area (Å²) >= 11 is 0. The van der Waals surface area contributed by atoms with E-state index < -0.39 is 7.82 Å². The van der Waals surface area contributed by atoms with Crippen LogP contribution >= 0.6 is 7.82 Å². The molecule has 0 saturated heterocycles. The van der Waals surface area contributed by atoms with Gasteiger partial charge in [-0.05, 0) is 36.5 Å². The Morgan fingerprint density at radius 3 is 1.95 bits per heavy atom. The third-order valence-corrected chi connectivity index (χ3v) is 4.55. The predicted octanol–water partition coefficient (Wildman–Crippen LogP) is 3.17. The number of hydrogen-bond acceptors (Lipinski definition) is 3. The van der Waals surface area contributed by atoms with E-state index in [4.69, 9.17) is 14.5 Å². The van der Waals surface area contributed by atoms with Crippen LogP contribution in [0.5, 0.6) is 0 Å². The van der Waals surface area contributed by atoms with E-state index in [2.05, 4.69) is 32.2 Å². The summed E-state index contributed by atoms with van der Waals surface area (Å²) in [5.41, 5.74) is 0. The van der Waals surface area contributed by atoms with Crippen LogP contribution in [-0.2, 0) is 13.8 Å². The van der Waals surface area contributed by atoms with Crippen LogP contribution in [0.2, 0.25) is 0 Å². The molecule has 19 heavy (non-hydrogen) atoms. The Hall–Kier alpha value is 0.0700. The fourth-order valence-corrected chi connectivity index (χ4v) is 3.28. The Bertz CT molecular complexity index is 296. The highest BCUT2D eigenvalue weighted by molar-refractivity contribution is 7.46. The molecule has 1 aliphatic rings. The maximum absolute atomic E-state index is 10.7. The van der Waals surface area contributed by atoms with Gasteiger partial charge in [-0.25, -0.2) is 4.57 Å². The second kappa shape index (κ2) is 7.19. The summed E-state index contributed by atoms with van der Waals surface area (Å²) in [5, 5.41) is 0. The summed E-state index contributed by atoms with van der Waals surface area (Å²) in [5.74, 6) is 1.87. The molecule has 0 aliphatic heterocycles. The van der Waals surface area contributed by atoms with Gasteiger partial charge in [-0.15, -0.1) is 0 Å². The molecule has 6 heteroatoms. The van der Waals surface area contributed by atoms with Crippen molar-refractivity contribution in [3.63, 3.8) is 0 Å². The molecule has 0 spiro atoms. The summed E-state index contributed by atoms with van der Waals surface area (Å²) in [6.07, 6.45) is 3.45. The molecule has 1 aliphatic carbocycles. The van der Waals surface area contributed by atoms with Crippen molar-refractivity contribution in [2.75, 3.05) is 6.79 Å². The molecule has 1 fully saturated rings. The van der Waals surface area contributed by atoms with Crippen molar-refractivity contribution in [1.82, 2.24) is 0 Å². The molecule has 0 heterocycles. The van der Waals surface area contributed by atoms with Gasteiger partial charge < -0.3 is 14.5 Å². The molecule has 0 bridgehead atoms. The predicted molar refractivity (Wildman–Crippen MR) is 73.4 cm³/mol. The van der Waals surface area contributed by atoms with Gasteiger partial charge in [-0.1, -0.05) is 34.1 Å². The first kappa shape index (κ1) is 17.1. The van der Waals surface area contributed by atoms with E-state index in [1.165, 1.54) is 6.42 Å². The molecule has 1 saturated carbocycles. The third kappa shape index (κ3) is 5.52. The lowest BCUT2D eigenvalue weighted by atomic mass is 9.70. The third-order valence-electron chi connectivity index (χ3n) is 4.11. The van der Waals surface area contributed by atoms with Crippen LogP contribution in [0.3, 0.4) is 0 Å². The Kier molecular flexibility index (Phi) is 6.48. The SMILES string of the molecule is CC(C)C1CCCC(C(C)C)C1OCOP(=O)(O)O. The summed E-state index contributed by atoms with van der Waals surface area (Å²) in [6, 6.07) is 0. The van der Waals surface area contributed by atoms with E-state index in [9.17, 15) is 4.57 Å². The summed E-state index contributed by atoms with van der Waals surface area (Å²) in [7, 11) is -4.45. The zero-order chi connectivity index (χ0) is 14.6. The Morgan fingerprint density at radius 1 is 1.11 bits per heavy atom. The zero-order valence-corrected chi connectivity index (χ0v) is 13.2. The van der Waals surface area contributed by atoms with Gasteiger partial charge in [0, 0.05) is 0 Å². The average Bonchev–Trinajstić information content (AvgIpc) is 2.26. The smallest absolute Gasteiger partial charge is 0.351 e. The Labute approximate surface area is 115 Å². The second-order valence-corrected chi connectivity index (χ2v) is 7.35. The largest absolute Gasteiger partial charge is 0.471 e. The first-order valence-electron chi connectivity index (χ1n) is 7.04. The molecule has 0 aromatic carbocycles. The van der Waals surface area contributed by atoms with Crippen LogP contribution in [0.25, 0.3) is 0 Å². The van der Waals surface area contributed by atoms with Gasteiger partial charge in [0.15, 0.2) is 6.79 Å². The van der Waals surface area contributed by atoms with E-state index in [1.807, 2.05) is 0 Å². The van der Waals surface area contributed by atoms with Crippen molar-refractivity contribution in [2.24, 2.45) is 23.7 Å². The van der Waals surface area contributed by atoms with E-state index in [0.29, 0.717) is 23.7 Å². The molecule has 5 nitrogen and oxygen atoms in total. The summed E-state index contributed by atoms with van der Waals surface area (Å²) in [4.78, 5) is 17.4. The molecule has 0 aromatic heterocycles. The number of phosphoric acid groups is 1. The Balaban J connectivity index is 2.66.